The summed E-state index contributed by atoms with van der Waals surface area (Å²) in [5, 5.41) is 3.71. The quantitative estimate of drug-likeness (QED) is 0.688. The van der Waals surface area contributed by atoms with Crippen LogP contribution in [0.5, 0.6) is 5.75 Å². The summed E-state index contributed by atoms with van der Waals surface area (Å²) in [4.78, 5) is 0. The van der Waals surface area contributed by atoms with E-state index in [1.807, 2.05) is 0 Å². The van der Waals surface area contributed by atoms with Crippen LogP contribution in [0.3, 0.4) is 0 Å². The molecule has 2 rings (SSSR count). The van der Waals surface area contributed by atoms with Crippen molar-refractivity contribution >= 4 is 15.9 Å². The predicted molar refractivity (Wildman–Crippen MR) is 93.1 cm³/mol. The van der Waals surface area contributed by atoms with Gasteiger partial charge in [-0.2, -0.15) is 0 Å². The largest absolute Gasteiger partial charge is 0.493 e. The molecule has 0 saturated carbocycles. The van der Waals surface area contributed by atoms with E-state index in [2.05, 4.69) is 54.2 Å². The van der Waals surface area contributed by atoms with Crippen LogP contribution in [0.1, 0.15) is 63.6 Å². The third-order valence-electron chi connectivity index (χ3n) is 4.46. The molecule has 0 aromatic heterocycles. The highest BCUT2D eigenvalue weighted by Gasteiger charge is 2.27. The molecule has 1 aromatic rings. The van der Waals surface area contributed by atoms with Crippen LogP contribution in [0, 0.1) is 5.92 Å². The van der Waals surface area contributed by atoms with E-state index >= 15 is 0 Å². The van der Waals surface area contributed by atoms with E-state index in [0.29, 0.717) is 12.0 Å². The van der Waals surface area contributed by atoms with Crippen molar-refractivity contribution in [1.29, 1.82) is 0 Å². The predicted octanol–water partition coefficient (Wildman–Crippen LogP) is 5.25. The lowest BCUT2D eigenvalue weighted by atomic mass is 9.85. The van der Waals surface area contributed by atoms with Crippen LogP contribution >= 0.6 is 15.9 Å². The van der Waals surface area contributed by atoms with Crippen LogP contribution in [-0.2, 0) is 6.42 Å². The molecule has 118 valence electrons. The van der Waals surface area contributed by atoms with Crippen molar-refractivity contribution in [2.45, 2.75) is 58.9 Å². The normalized spacial score (nSPS) is 16.4. The monoisotopic (exact) mass is 353 g/mol. The Balaban J connectivity index is 2.33. The summed E-state index contributed by atoms with van der Waals surface area (Å²) in [5.41, 5.74) is 2.70. The number of rotatable bonds is 8. The summed E-state index contributed by atoms with van der Waals surface area (Å²) < 4.78 is 7.13. The van der Waals surface area contributed by atoms with Gasteiger partial charge in [-0.15, -0.1) is 0 Å². The number of benzene rings is 1. The molecule has 0 fully saturated rings. The highest BCUT2D eigenvalue weighted by Crippen LogP contribution is 2.40. The summed E-state index contributed by atoms with van der Waals surface area (Å²) in [6, 6.07) is 4.87. The van der Waals surface area contributed by atoms with Gasteiger partial charge in [0.1, 0.15) is 5.75 Å². The molecule has 0 saturated heterocycles. The molecule has 2 atom stereocenters. The van der Waals surface area contributed by atoms with Crippen molar-refractivity contribution in [3.05, 3.63) is 27.7 Å². The number of halogens is 1. The van der Waals surface area contributed by atoms with Crippen LogP contribution in [0.4, 0.5) is 0 Å². The molecule has 1 N–H and O–H groups in total. The molecule has 0 radical (unpaired) electrons. The van der Waals surface area contributed by atoms with E-state index < -0.39 is 0 Å². The number of fused-ring (bicyclic) bond motifs is 1. The van der Waals surface area contributed by atoms with Gasteiger partial charge in [0.2, 0.25) is 0 Å². The van der Waals surface area contributed by atoms with Crippen LogP contribution in [0.15, 0.2) is 16.6 Å². The van der Waals surface area contributed by atoms with Crippen LogP contribution in [0.2, 0.25) is 0 Å². The zero-order valence-corrected chi connectivity index (χ0v) is 15.1. The van der Waals surface area contributed by atoms with E-state index in [0.717, 1.165) is 25.3 Å². The van der Waals surface area contributed by atoms with Gasteiger partial charge in [-0.05, 0) is 36.6 Å². The maximum Gasteiger partial charge on any atom is 0.127 e. The molecular formula is C18H28BrNO. The van der Waals surface area contributed by atoms with E-state index in [9.17, 15) is 0 Å². The highest BCUT2D eigenvalue weighted by molar-refractivity contribution is 9.10. The first-order valence-electron chi connectivity index (χ1n) is 8.39. The summed E-state index contributed by atoms with van der Waals surface area (Å²) in [7, 11) is 0. The Morgan fingerprint density at radius 3 is 2.76 bits per heavy atom. The SMILES string of the molecule is CCCCC(CC)C(NCC)c1cc(Br)cc2c1OCC2. The third-order valence-corrected chi connectivity index (χ3v) is 4.92. The van der Waals surface area contributed by atoms with Crippen molar-refractivity contribution < 1.29 is 4.74 Å². The summed E-state index contributed by atoms with van der Waals surface area (Å²) in [6.07, 6.45) is 6.09. The molecule has 2 nitrogen and oxygen atoms in total. The molecule has 0 spiro atoms. The number of nitrogens with one attached hydrogen (secondary N) is 1. The maximum atomic E-state index is 5.95. The van der Waals surface area contributed by atoms with Crippen molar-refractivity contribution in [3.8, 4) is 5.75 Å². The first-order chi connectivity index (χ1) is 10.2. The number of hydrogen-bond acceptors (Lipinski definition) is 2. The Kier molecular flexibility index (Phi) is 6.56. The van der Waals surface area contributed by atoms with Crippen molar-refractivity contribution in [2.24, 2.45) is 5.92 Å². The number of unbranched alkanes of at least 4 members (excludes halogenated alkanes) is 1. The standard InChI is InChI=1S/C18H28BrNO/c1-4-7-8-13(5-2)17(20-6-3)16-12-15(19)11-14-9-10-21-18(14)16/h11-13,17,20H,4-10H2,1-3H3. The molecule has 1 aliphatic rings. The van der Waals surface area contributed by atoms with Gasteiger partial charge < -0.3 is 10.1 Å². The molecular weight excluding hydrogens is 326 g/mol. The Bertz CT molecular complexity index is 461. The molecule has 1 aromatic carbocycles. The second kappa shape index (κ2) is 8.19. The lowest BCUT2D eigenvalue weighted by Crippen LogP contribution is -2.28. The first-order valence-corrected chi connectivity index (χ1v) is 9.19. The fourth-order valence-electron chi connectivity index (χ4n) is 3.35. The zero-order valence-electron chi connectivity index (χ0n) is 13.5. The van der Waals surface area contributed by atoms with E-state index in [1.165, 1.54) is 41.3 Å². The third kappa shape index (κ3) is 4.01. The second-order valence-electron chi connectivity index (χ2n) is 5.93. The zero-order chi connectivity index (χ0) is 15.2. The van der Waals surface area contributed by atoms with Crippen molar-refractivity contribution in [3.63, 3.8) is 0 Å². The number of hydrogen-bond donors (Lipinski definition) is 1. The van der Waals surface area contributed by atoms with Gasteiger partial charge in [-0.1, -0.05) is 56.0 Å². The summed E-state index contributed by atoms with van der Waals surface area (Å²) in [5.74, 6) is 1.81. The molecule has 1 heterocycles. The van der Waals surface area contributed by atoms with Crippen LogP contribution in [-0.4, -0.2) is 13.2 Å². The topological polar surface area (TPSA) is 21.3 Å². The van der Waals surface area contributed by atoms with Gasteiger partial charge >= 0.3 is 0 Å². The average Bonchev–Trinajstić information content (AvgIpc) is 2.94. The van der Waals surface area contributed by atoms with Gasteiger partial charge in [0, 0.05) is 22.5 Å². The van der Waals surface area contributed by atoms with E-state index in [1.54, 1.807) is 0 Å². The molecule has 2 unspecified atom stereocenters. The van der Waals surface area contributed by atoms with Crippen LogP contribution in [0.25, 0.3) is 0 Å². The summed E-state index contributed by atoms with van der Waals surface area (Å²) in [6.45, 7) is 8.59. The van der Waals surface area contributed by atoms with Crippen molar-refractivity contribution in [2.75, 3.05) is 13.2 Å². The van der Waals surface area contributed by atoms with Gasteiger partial charge in [0.25, 0.3) is 0 Å². The molecule has 3 heteroatoms. The minimum absolute atomic E-state index is 0.399. The minimum atomic E-state index is 0.399. The van der Waals surface area contributed by atoms with Gasteiger partial charge in [-0.25, -0.2) is 0 Å². The first kappa shape index (κ1) is 16.8. The minimum Gasteiger partial charge on any atom is -0.493 e. The van der Waals surface area contributed by atoms with Gasteiger partial charge in [-0.3, -0.25) is 0 Å². The molecule has 0 aliphatic carbocycles. The summed E-state index contributed by atoms with van der Waals surface area (Å²) >= 11 is 3.68. The van der Waals surface area contributed by atoms with Crippen LogP contribution < -0.4 is 10.1 Å². The van der Waals surface area contributed by atoms with Crippen molar-refractivity contribution in [1.82, 2.24) is 5.32 Å². The smallest absolute Gasteiger partial charge is 0.127 e. The van der Waals surface area contributed by atoms with Gasteiger partial charge in [0.05, 0.1) is 6.61 Å². The fourth-order valence-corrected chi connectivity index (χ4v) is 3.88. The number of ether oxygens (including phenoxy) is 1. The molecule has 1 aliphatic heterocycles. The Morgan fingerprint density at radius 1 is 1.29 bits per heavy atom. The molecule has 0 bridgehead atoms. The highest BCUT2D eigenvalue weighted by atomic mass is 79.9. The lowest BCUT2D eigenvalue weighted by Gasteiger charge is -2.29. The van der Waals surface area contributed by atoms with E-state index in [-0.39, 0.29) is 0 Å². The molecule has 0 amide bonds. The second-order valence-corrected chi connectivity index (χ2v) is 6.84. The molecule has 21 heavy (non-hydrogen) atoms. The van der Waals surface area contributed by atoms with Gasteiger partial charge in [0.15, 0.2) is 0 Å². The Morgan fingerprint density at radius 2 is 2.10 bits per heavy atom. The van der Waals surface area contributed by atoms with E-state index in [4.69, 9.17) is 4.74 Å². The lowest BCUT2D eigenvalue weighted by molar-refractivity contribution is 0.307. The fraction of sp³-hybridized carbons (Fsp3) is 0.667. The average molecular weight is 354 g/mol. The maximum absolute atomic E-state index is 5.95. The Labute approximate surface area is 137 Å². The Hall–Kier alpha value is -0.540.